The lowest BCUT2D eigenvalue weighted by Gasteiger charge is -2.26. The lowest BCUT2D eigenvalue weighted by Crippen LogP contribution is -2.32. The zero-order valence-electron chi connectivity index (χ0n) is 22.8. The Kier molecular flexibility index (Phi) is 7.66. The van der Waals surface area contributed by atoms with E-state index < -0.39 is 5.97 Å². The monoisotopic (exact) mass is 576 g/mol. The molecule has 0 unspecified atom stereocenters. The van der Waals surface area contributed by atoms with Crippen molar-refractivity contribution in [3.05, 3.63) is 120 Å². The van der Waals surface area contributed by atoms with Gasteiger partial charge in [0.05, 0.1) is 24.4 Å². The standard InChI is InChI=1S/C33H28N4O4S/c1-40-32(39)23-14-12-22(13-15-23)27-16-17-28(41-27)31-30(26-10-4-5-19-34-26)36-33(42)37(31)20-18-29(38)35-25-11-6-8-21-7-2-3-9-24(21)25/h2-17,19,30-31H,18,20H2,1H3,(H,35,38)(H,36,42)/t30-,31-/m1/s1. The van der Waals surface area contributed by atoms with E-state index in [1.54, 1.807) is 18.3 Å². The van der Waals surface area contributed by atoms with Gasteiger partial charge in [-0.25, -0.2) is 4.79 Å². The van der Waals surface area contributed by atoms with Gasteiger partial charge in [-0.05, 0) is 60.1 Å². The van der Waals surface area contributed by atoms with Gasteiger partial charge in [0.2, 0.25) is 5.91 Å². The summed E-state index contributed by atoms with van der Waals surface area (Å²) < 4.78 is 11.2. The highest BCUT2D eigenvalue weighted by molar-refractivity contribution is 7.80. The summed E-state index contributed by atoms with van der Waals surface area (Å²) in [6.45, 7) is 0.375. The molecule has 1 fully saturated rings. The van der Waals surface area contributed by atoms with Crippen LogP contribution in [-0.2, 0) is 9.53 Å². The van der Waals surface area contributed by atoms with Crippen LogP contribution in [0.3, 0.4) is 0 Å². The molecule has 9 heteroatoms. The molecule has 0 saturated carbocycles. The number of pyridine rings is 1. The summed E-state index contributed by atoms with van der Waals surface area (Å²) in [5.41, 5.74) is 2.87. The minimum absolute atomic E-state index is 0.111. The summed E-state index contributed by atoms with van der Waals surface area (Å²) in [7, 11) is 1.35. The second kappa shape index (κ2) is 11.8. The summed E-state index contributed by atoms with van der Waals surface area (Å²) in [6, 6.07) is 29.8. The van der Waals surface area contributed by atoms with E-state index in [-0.39, 0.29) is 24.4 Å². The molecule has 1 saturated heterocycles. The molecule has 1 aliphatic rings. The summed E-state index contributed by atoms with van der Waals surface area (Å²) >= 11 is 5.76. The molecule has 1 aliphatic heterocycles. The lowest BCUT2D eigenvalue weighted by atomic mass is 10.0. The molecule has 42 heavy (non-hydrogen) atoms. The molecule has 0 radical (unpaired) electrons. The van der Waals surface area contributed by atoms with Gasteiger partial charge in [0.1, 0.15) is 17.6 Å². The Morgan fingerprint density at radius 2 is 1.76 bits per heavy atom. The van der Waals surface area contributed by atoms with Gasteiger partial charge in [-0.15, -0.1) is 0 Å². The SMILES string of the molecule is COC(=O)c1ccc(-c2ccc([C@@H]3[C@@H](c4ccccn4)NC(=S)N3CCC(=O)Nc3cccc4ccccc34)o2)cc1. The Morgan fingerprint density at radius 1 is 0.976 bits per heavy atom. The first-order valence-electron chi connectivity index (χ1n) is 13.6. The maximum atomic E-state index is 13.1. The van der Waals surface area contributed by atoms with Crippen molar-refractivity contribution in [2.24, 2.45) is 0 Å². The second-order valence-electron chi connectivity index (χ2n) is 9.92. The van der Waals surface area contributed by atoms with E-state index in [1.807, 2.05) is 89.8 Å². The average Bonchev–Trinajstić information content (AvgIpc) is 3.65. The Labute approximate surface area is 248 Å². The molecule has 0 bridgehead atoms. The third kappa shape index (κ3) is 5.46. The van der Waals surface area contributed by atoms with Crippen LogP contribution in [0, 0.1) is 0 Å². The minimum atomic E-state index is -0.398. The van der Waals surface area contributed by atoms with Gasteiger partial charge >= 0.3 is 5.97 Å². The van der Waals surface area contributed by atoms with Gasteiger partial charge in [0.15, 0.2) is 5.11 Å². The number of hydrogen-bond donors (Lipinski definition) is 2. The number of methoxy groups -OCH3 is 1. The number of nitrogens with one attached hydrogen (secondary N) is 2. The number of anilines is 1. The third-order valence-electron chi connectivity index (χ3n) is 7.35. The van der Waals surface area contributed by atoms with Crippen molar-refractivity contribution in [2.75, 3.05) is 19.0 Å². The summed E-state index contributed by atoms with van der Waals surface area (Å²) in [5.74, 6) is 0.817. The molecule has 6 rings (SSSR count). The lowest BCUT2D eigenvalue weighted by molar-refractivity contribution is -0.116. The maximum absolute atomic E-state index is 13.1. The fourth-order valence-electron chi connectivity index (χ4n) is 5.28. The van der Waals surface area contributed by atoms with Crippen molar-refractivity contribution in [1.82, 2.24) is 15.2 Å². The molecule has 2 N–H and O–H groups in total. The summed E-state index contributed by atoms with van der Waals surface area (Å²) in [4.78, 5) is 31.5. The predicted molar refractivity (Wildman–Crippen MR) is 165 cm³/mol. The van der Waals surface area contributed by atoms with E-state index in [9.17, 15) is 9.59 Å². The first kappa shape index (κ1) is 27.2. The zero-order valence-corrected chi connectivity index (χ0v) is 23.6. The van der Waals surface area contributed by atoms with E-state index in [0.717, 1.165) is 27.7 Å². The normalized spacial score (nSPS) is 16.3. The Balaban J connectivity index is 1.24. The molecule has 5 aromatic rings. The highest BCUT2D eigenvalue weighted by Gasteiger charge is 2.41. The van der Waals surface area contributed by atoms with Crippen LogP contribution in [0.1, 0.15) is 40.3 Å². The van der Waals surface area contributed by atoms with Gasteiger partial charge in [-0.2, -0.15) is 0 Å². The van der Waals surface area contributed by atoms with Crippen LogP contribution in [0.4, 0.5) is 5.69 Å². The zero-order chi connectivity index (χ0) is 29.1. The molecular formula is C33H28N4O4S. The van der Waals surface area contributed by atoms with Gasteiger partial charge in [0.25, 0.3) is 0 Å². The van der Waals surface area contributed by atoms with Crippen LogP contribution in [0.5, 0.6) is 0 Å². The number of carbonyl (C=O) groups is 2. The van der Waals surface area contributed by atoms with Crippen molar-refractivity contribution in [3.63, 3.8) is 0 Å². The van der Waals surface area contributed by atoms with Crippen LogP contribution in [0.15, 0.2) is 108 Å². The summed E-state index contributed by atoms with van der Waals surface area (Å²) in [6.07, 6.45) is 1.97. The number of amides is 1. The Morgan fingerprint density at radius 3 is 2.55 bits per heavy atom. The number of benzene rings is 3. The molecule has 210 valence electrons. The van der Waals surface area contributed by atoms with Gasteiger partial charge in [0, 0.05) is 35.8 Å². The molecule has 0 aliphatic carbocycles. The predicted octanol–water partition coefficient (Wildman–Crippen LogP) is 6.28. The van der Waals surface area contributed by atoms with Crippen LogP contribution in [-0.4, -0.2) is 40.5 Å². The molecule has 2 atom stereocenters. The molecular weight excluding hydrogens is 548 g/mol. The third-order valence-corrected chi connectivity index (χ3v) is 7.70. The number of thiocarbonyl (C=S) groups is 1. The van der Waals surface area contributed by atoms with Crippen molar-refractivity contribution in [2.45, 2.75) is 18.5 Å². The van der Waals surface area contributed by atoms with Crippen molar-refractivity contribution < 1.29 is 18.7 Å². The quantitative estimate of drug-likeness (QED) is 0.165. The number of fused-ring (bicyclic) bond motifs is 1. The fourth-order valence-corrected chi connectivity index (χ4v) is 5.61. The number of aromatic nitrogens is 1. The highest BCUT2D eigenvalue weighted by Crippen LogP contribution is 2.40. The van der Waals surface area contributed by atoms with Crippen LogP contribution >= 0.6 is 12.2 Å². The largest absolute Gasteiger partial charge is 0.465 e. The molecule has 0 spiro atoms. The van der Waals surface area contributed by atoms with Gasteiger partial charge < -0.3 is 24.7 Å². The number of hydrogen-bond acceptors (Lipinski definition) is 6. The minimum Gasteiger partial charge on any atom is -0.465 e. The van der Waals surface area contributed by atoms with Crippen molar-refractivity contribution in [1.29, 1.82) is 0 Å². The topological polar surface area (TPSA) is 96.7 Å². The van der Waals surface area contributed by atoms with E-state index in [4.69, 9.17) is 21.4 Å². The molecule has 2 aromatic heterocycles. The fraction of sp³-hybridized carbons (Fsp3) is 0.152. The first-order valence-corrected chi connectivity index (χ1v) is 14.0. The smallest absolute Gasteiger partial charge is 0.337 e. The number of furan rings is 1. The number of nitrogens with zero attached hydrogens (tertiary/aromatic N) is 2. The maximum Gasteiger partial charge on any atom is 0.337 e. The summed E-state index contributed by atoms with van der Waals surface area (Å²) in [5, 5.41) is 9.03. The first-order chi connectivity index (χ1) is 20.5. The number of carbonyl (C=O) groups excluding carboxylic acids is 2. The van der Waals surface area contributed by atoms with Crippen molar-refractivity contribution in [3.8, 4) is 11.3 Å². The van der Waals surface area contributed by atoms with E-state index in [1.165, 1.54) is 7.11 Å². The highest BCUT2D eigenvalue weighted by atomic mass is 32.1. The number of ether oxygens (including phenoxy) is 1. The Hall–Kier alpha value is -5.02. The van der Waals surface area contributed by atoms with Crippen LogP contribution < -0.4 is 10.6 Å². The van der Waals surface area contributed by atoms with Gasteiger partial charge in [-0.1, -0.05) is 54.6 Å². The number of rotatable bonds is 8. The van der Waals surface area contributed by atoms with Crippen LogP contribution in [0.2, 0.25) is 0 Å². The van der Waals surface area contributed by atoms with E-state index >= 15 is 0 Å². The molecule has 3 aromatic carbocycles. The van der Waals surface area contributed by atoms with Crippen molar-refractivity contribution >= 4 is 45.7 Å². The molecule has 8 nitrogen and oxygen atoms in total. The molecule has 1 amide bonds. The van der Waals surface area contributed by atoms with Crippen LogP contribution in [0.25, 0.3) is 22.1 Å². The van der Waals surface area contributed by atoms with E-state index in [2.05, 4.69) is 15.6 Å². The Bertz CT molecular complexity index is 1750. The number of esters is 1. The van der Waals surface area contributed by atoms with Gasteiger partial charge in [-0.3, -0.25) is 9.78 Å². The average molecular weight is 577 g/mol. The molecule has 3 heterocycles. The van der Waals surface area contributed by atoms with E-state index in [0.29, 0.717) is 28.7 Å². The second-order valence-corrected chi connectivity index (χ2v) is 10.3.